The van der Waals surface area contributed by atoms with Gasteiger partial charge in [0.05, 0.1) is 5.69 Å². The molecule has 0 radical (unpaired) electrons. The second-order valence-corrected chi connectivity index (χ2v) is 3.85. The molecule has 0 bridgehead atoms. The van der Waals surface area contributed by atoms with Gasteiger partial charge in [-0.15, -0.1) is 0 Å². The minimum atomic E-state index is 0.158. The molecule has 1 aromatic heterocycles. The third-order valence-corrected chi connectivity index (χ3v) is 2.62. The SMILES string of the molecule is CCC(C)C(=O)Cc1cc(C)nn1C. The number of rotatable bonds is 4. The van der Waals surface area contributed by atoms with Crippen LogP contribution < -0.4 is 0 Å². The predicted octanol–water partition coefficient (Wildman–Crippen LogP) is 1.89. The number of aromatic nitrogens is 2. The first-order valence-electron chi connectivity index (χ1n) is 5.06. The average molecular weight is 194 g/mol. The number of ketones is 1. The zero-order chi connectivity index (χ0) is 10.7. The van der Waals surface area contributed by atoms with E-state index in [9.17, 15) is 4.79 Å². The van der Waals surface area contributed by atoms with Crippen LogP contribution in [0.25, 0.3) is 0 Å². The van der Waals surface area contributed by atoms with E-state index in [-0.39, 0.29) is 5.92 Å². The largest absolute Gasteiger partial charge is 0.299 e. The third kappa shape index (κ3) is 2.44. The molecule has 0 aliphatic rings. The van der Waals surface area contributed by atoms with E-state index >= 15 is 0 Å². The van der Waals surface area contributed by atoms with E-state index in [0.29, 0.717) is 12.2 Å². The highest BCUT2D eigenvalue weighted by atomic mass is 16.1. The molecule has 1 rings (SSSR count). The van der Waals surface area contributed by atoms with E-state index in [1.807, 2.05) is 33.9 Å². The Labute approximate surface area is 85.1 Å². The van der Waals surface area contributed by atoms with Gasteiger partial charge >= 0.3 is 0 Å². The van der Waals surface area contributed by atoms with Crippen LogP contribution in [0, 0.1) is 12.8 Å². The van der Waals surface area contributed by atoms with Crippen molar-refractivity contribution in [3.05, 3.63) is 17.5 Å². The van der Waals surface area contributed by atoms with Gasteiger partial charge in [0, 0.05) is 25.1 Å². The molecule has 3 nitrogen and oxygen atoms in total. The van der Waals surface area contributed by atoms with Crippen LogP contribution >= 0.6 is 0 Å². The molecule has 0 amide bonds. The lowest BCUT2D eigenvalue weighted by Crippen LogP contribution is -2.14. The Hall–Kier alpha value is -1.12. The van der Waals surface area contributed by atoms with Crippen molar-refractivity contribution in [1.29, 1.82) is 0 Å². The topological polar surface area (TPSA) is 34.9 Å². The summed E-state index contributed by atoms with van der Waals surface area (Å²) in [4.78, 5) is 11.7. The summed E-state index contributed by atoms with van der Waals surface area (Å²) in [6, 6.07) is 1.97. The van der Waals surface area contributed by atoms with Crippen LogP contribution in [0.15, 0.2) is 6.07 Å². The van der Waals surface area contributed by atoms with E-state index in [1.165, 1.54) is 0 Å². The summed E-state index contributed by atoms with van der Waals surface area (Å²) >= 11 is 0. The van der Waals surface area contributed by atoms with Crippen molar-refractivity contribution < 1.29 is 4.79 Å². The molecule has 1 unspecified atom stereocenters. The smallest absolute Gasteiger partial charge is 0.141 e. The molecule has 0 saturated carbocycles. The molecule has 78 valence electrons. The van der Waals surface area contributed by atoms with Crippen molar-refractivity contribution >= 4 is 5.78 Å². The first-order valence-corrected chi connectivity index (χ1v) is 5.06. The minimum absolute atomic E-state index is 0.158. The minimum Gasteiger partial charge on any atom is -0.299 e. The lowest BCUT2D eigenvalue weighted by molar-refractivity contribution is -0.121. The van der Waals surface area contributed by atoms with Gasteiger partial charge in [0.2, 0.25) is 0 Å². The number of hydrogen-bond donors (Lipinski definition) is 0. The Morgan fingerprint density at radius 1 is 1.64 bits per heavy atom. The zero-order valence-electron chi connectivity index (χ0n) is 9.37. The van der Waals surface area contributed by atoms with Crippen LogP contribution in [0.4, 0.5) is 0 Å². The van der Waals surface area contributed by atoms with Gasteiger partial charge in [-0.3, -0.25) is 9.48 Å². The van der Waals surface area contributed by atoms with E-state index in [0.717, 1.165) is 17.8 Å². The average Bonchev–Trinajstić information content (AvgIpc) is 2.44. The molecule has 1 atom stereocenters. The lowest BCUT2D eigenvalue weighted by atomic mass is 10.00. The van der Waals surface area contributed by atoms with Crippen molar-refractivity contribution in [2.45, 2.75) is 33.6 Å². The standard InChI is InChI=1S/C11H18N2O/c1-5-8(2)11(14)7-10-6-9(3)12-13(10)4/h6,8H,5,7H2,1-4H3. The summed E-state index contributed by atoms with van der Waals surface area (Å²) in [5.74, 6) is 0.459. The lowest BCUT2D eigenvalue weighted by Gasteiger charge is -2.06. The quantitative estimate of drug-likeness (QED) is 0.733. The Bertz CT molecular complexity index is 328. The Morgan fingerprint density at radius 3 is 2.71 bits per heavy atom. The maximum atomic E-state index is 11.7. The number of nitrogens with zero attached hydrogens (tertiary/aromatic N) is 2. The maximum Gasteiger partial charge on any atom is 0.141 e. The monoisotopic (exact) mass is 194 g/mol. The molecule has 0 spiro atoms. The fourth-order valence-electron chi connectivity index (χ4n) is 1.41. The van der Waals surface area contributed by atoms with Gasteiger partial charge in [-0.2, -0.15) is 5.10 Å². The molecule has 1 aromatic rings. The summed E-state index contributed by atoms with van der Waals surface area (Å²) in [5.41, 5.74) is 1.98. The van der Waals surface area contributed by atoms with Gasteiger partial charge in [0.25, 0.3) is 0 Å². The van der Waals surface area contributed by atoms with E-state index in [2.05, 4.69) is 5.10 Å². The second kappa shape index (κ2) is 4.40. The molecule has 0 aromatic carbocycles. The molecule has 1 heterocycles. The molecule has 0 aliphatic carbocycles. The van der Waals surface area contributed by atoms with Crippen molar-refractivity contribution in [3.8, 4) is 0 Å². The van der Waals surface area contributed by atoms with E-state index < -0.39 is 0 Å². The van der Waals surface area contributed by atoms with Gasteiger partial charge in [0.15, 0.2) is 0 Å². The van der Waals surface area contributed by atoms with Crippen molar-refractivity contribution in [3.63, 3.8) is 0 Å². The highest BCUT2D eigenvalue weighted by Crippen LogP contribution is 2.09. The summed E-state index contributed by atoms with van der Waals surface area (Å²) in [6.07, 6.45) is 1.42. The van der Waals surface area contributed by atoms with Crippen LogP contribution in [0.3, 0.4) is 0 Å². The van der Waals surface area contributed by atoms with Gasteiger partial charge in [-0.05, 0) is 19.4 Å². The molecule has 0 aliphatic heterocycles. The van der Waals surface area contributed by atoms with E-state index in [1.54, 1.807) is 4.68 Å². The van der Waals surface area contributed by atoms with Gasteiger partial charge in [0.1, 0.15) is 5.78 Å². The maximum absolute atomic E-state index is 11.7. The molecular weight excluding hydrogens is 176 g/mol. The molecule has 0 saturated heterocycles. The number of Topliss-reactive ketones (excluding diaryl/α,β-unsaturated/α-hetero) is 1. The summed E-state index contributed by atoms with van der Waals surface area (Å²) in [6.45, 7) is 5.96. The molecular formula is C11H18N2O. The first kappa shape index (κ1) is 11.0. The Morgan fingerprint density at radius 2 is 2.29 bits per heavy atom. The highest BCUT2D eigenvalue weighted by Gasteiger charge is 2.13. The fraction of sp³-hybridized carbons (Fsp3) is 0.636. The Kier molecular flexibility index (Phi) is 3.44. The van der Waals surface area contributed by atoms with Gasteiger partial charge in [-0.25, -0.2) is 0 Å². The number of carbonyl (C=O) groups excluding carboxylic acids is 1. The van der Waals surface area contributed by atoms with E-state index in [4.69, 9.17) is 0 Å². The van der Waals surface area contributed by atoms with Crippen molar-refractivity contribution in [2.24, 2.45) is 13.0 Å². The van der Waals surface area contributed by atoms with Crippen molar-refractivity contribution in [2.75, 3.05) is 0 Å². The zero-order valence-corrected chi connectivity index (χ0v) is 9.37. The summed E-state index contributed by atoms with van der Waals surface area (Å²) in [5, 5.41) is 4.21. The third-order valence-electron chi connectivity index (χ3n) is 2.62. The van der Waals surface area contributed by atoms with Crippen LogP contribution in [0.1, 0.15) is 31.7 Å². The normalized spacial score (nSPS) is 12.9. The molecule has 0 N–H and O–H groups in total. The molecule has 0 fully saturated rings. The first-order chi connectivity index (χ1) is 6.54. The molecule has 3 heteroatoms. The summed E-state index contributed by atoms with van der Waals surface area (Å²) < 4.78 is 1.79. The highest BCUT2D eigenvalue weighted by molar-refractivity contribution is 5.82. The van der Waals surface area contributed by atoms with Crippen molar-refractivity contribution in [1.82, 2.24) is 9.78 Å². The van der Waals surface area contributed by atoms with Crippen LogP contribution in [-0.2, 0) is 18.3 Å². The van der Waals surface area contributed by atoms with Crippen LogP contribution in [0.5, 0.6) is 0 Å². The van der Waals surface area contributed by atoms with Gasteiger partial charge in [-0.1, -0.05) is 13.8 Å². The second-order valence-electron chi connectivity index (χ2n) is 3.85. The number of carbonyl (C=O) groups is 1. The number of aryl methyl sites for hydroxylation is 2. The fourth-order valence-corrected chi connectivity index (χ4v) is 1.41. The van der Waals surface area contributed by atoms with Gasteiger partial charge < -0.3 is 0 Å². The Balaban J connectivity index is 2.69. The van der Waals surface area contributed by atoms with Crippen LogP contribution in [-0.4, -0.2) is 15.6 Å². The number of hydrogen-bond acceptors (Lipinski definition) is 2. The van der Waals surface area contributed by atoms with Crippen LogP contribution in [0.2, 0.25) is 0 Å². The predicted molar refractivity (Wildman–Crippen MR) is 56.1 cm³/mol. The summed E-state index contributed by atoms with van der Waals surface area (Å²) in [7, 11) is 1.88. The molecule has 14 heavy (non-hydrogen) atoms.